The van der Waals surface area contributed by atoms with Crippen molar-refractivity contribution in [2.24, 2.45) is 0 Å². The summed E-state index contributed by atoms with van der Waals surface area (Å²) in [6.07, 6.45) is 0. The van der Waals surface area contributed by atoms with Gasteiger partial charge in [-0.1, -0.05) is 36.4 Å². The zero-order valence-corrected chi connectivity index (χ0v) is 19.3. The van der Waals surface area contributed by atoms with Crippen molar-refractivity contribution in [1.82, 2.24) is 4.90 Å². The lowest BCUT2D eigenvalue weighted by Crippen LogP contribution is -2.50. The van der Waals surface area contributed by atoms with Crippen LogP contribution in [-0.4, -0.2) is 49.0 Å². The van der Waals surface area contributed by atoms with Crippen molar-refractivity contribution in [3.8, 4) is 5.75 Å². The van der Waals surface area contributed by atoms with Gasteiger partial charge in [0.25, 0.3) is 5.69 Å². The number of hydrogen-bond acceptors (Lipinski definition) is 6. The van der Waals surface area contributed by atoms with Gasteiger partial charge in [-0.05, 0) is 48.4 Å². The van der Waals surface area contributed by atoms with Gasteiger partial charge < -0.3 is 15.0 Å². The lowest BCUT2D eigenvalue weighted by atomic mass is 10.0. The molecule has 0 spiro atoms. The molecule has 1 heterocycles. The van der Waals surface area contributed by atoms with E-state index in [4.69, 9.17) is 4.74 Å². The van der Waals surface area contributed by atoms with Crippen LogP contribution in [0.5, 0.6) is 5.75 Å². The van der Waals surface area contributed by atoms with Crippen molar-refractivity contribution in [3.63, 3.8) is 0 Å². The van der Waals surface area contributed by atoms with Crippen LogP contribution < -0.4 is 15.0 Å². The topological polar surface area (TPSA) is 88.0 Å². The Kier molecular flexibility index (Phi) is 7.08. The zero-order valence-electron chi connectivity index (χ0n) is 19.3. The number of hydrogen-bond donors (Lipinski definition) is 1. The van der Waals surface area contributed by atoms with Crippen LogP contribution in [0.2, 0.25) is 0 Å². The average Bonchev–Trinajstić information content (AvgIpc) is 2.86. The molecule has 0 radical (unpaired) electrons. The number of anilines is 2. The molecule has 3 aromatic rings. The van der Waals surface area contributed by atoms with Gasteiger partial charge in [0.2, 0.25) is 5.91 Å². The molecule has 1 aliphatic heterocycles. The van der Waals surface area contributed by atoms with E-state index in [9.17, 15) is 14.9 Å². The van der Waals surface area contributed by atoms with Crippen LogP contribution >= 0.6 is 0 Å². The Balaban J connectivity index is 1.53. The lowest BCUT2D eigenvalue weighted by Gasteiger charge is -2.39. The molecule has 8 nitrogen and oxygen atoms in total. The molecule has 0 aromatic heterocycles. The summed E-state index contributed by atoms with van der Waals surface area (Å²) in [7, 11) is 1.65. The van der Waals surface area contributed by atoms with E-state index in [1.54, 1.807) is 26.2 Å². The third-order valence-corrected chi connectivity index (χ3v) is 6.09. The first kappa shape index (κ1) is 23.3. The largest absolute Gasteiger partial charge is 0.497 e. The molecule has 1 atom stereocenters. The smallest absolute Gasteiger partial charge is 0.293 e. The monoisotopic (exact) mass is 460 g/mol. The van der Waals surface area contributed by atoms with E-state index in [1.807, 2.05) is 54.6 Å². The van der Waals surface area contributed by atoms with E-state index in [0.29, 0.717) is 13.1 Å². The summed E-state index contributed by atoms with van der Waals surface area (Å²) in [5, 5.41) is 14.4. The predicted molar refractivity (Wildman–Crippen MR) is 132 cm³/mol. The van der Waals surface area contributed by atoms with Crippen molar-refractivity contribution < 1.29 is 14.5 Å². The van der Waals surface area contributed by atoms with Gasteiger partial charge in [0.05, 0.1) is 12.0 Å². The van der Waals surface area contributed by atoms with Crippen LogP contribution in [0.4, 0.5) is 17.1 Å². The SMILES string of the molecule is COc1ccc(N2CCN(C(C(=O)Nc3ccc(C)cc3[N+](=O)[O-])c3ccccc3)CC2)cc1. The number of methoxy groups -OCH3 is 1. The van der Waals surface area contributed by atoms with Crippen LogP contribution in [0.1, 0.15) is 17.2 Å². The normalized spacial score (nSPS) is 14.9. The van der Waals surface area contributed by atoms with Crippen molar-refractivity contribution in [2.45, 2.75) is 13.0 Å². The minimum atomic E-state index is -0.555. The molecule has 3 aromatic carbocycles. The fourth-order valence-electron chi connectivity index (χ4n) is 4.29. The third kappa shape index (κ3) is 5.18. The van der Waals surface area contributed by atoms with Crippen molar-refractivity contribution >= 4 is 23.0 Å². The number of piperazine rings is 1. The Morgan fingerprint density at radius 3 is 2.29 bits per heavy atom. The highest BCUT2D eigenvalue weighted by molar-refractivity contribution is 5.97. The highest BCUT2D eigenvalue weighted by Gasteiger charge is 2.31. The second-order valence-corrected chi connectivity index (χ2v) is 8.30. The maximum atomic E-state index is 13.5. The number of rotatable bonds is 7. The Labute approximate surface area is 198 Å². The number of nitro benzene ring substituents is 1. The van der Waals surface area contributed by atoms with E-state index < -0.39 is 11.0 Å². The highest BCUT2D eigenvalue weighted by Crippen LogP contribution is 2.30. The van der Waals surface area contributed by atoms with E-state index in [-0.39, 0.29) is 17.3 Å². The zero-order chi connectivity index (χ0) is 24.1. The van der Waals surface area contributed by atoms with E-state index >= 15 is 0 Å². The molecule has 1 fully saturated rings. The molecule has 1 unspecified atom stereocenters. The standard InChI is InChI=1S/C26H28N4O4/c1-19-8-13-23(24(18-19)30(32)33)27-26(31)25(20-6-4-3-5-7-20)29-16-14-28(15-17-29)21-9-11-22(34-2)12-10-21/h3-13,18,25H,14-17H2,1-2H3,(H,27,31). The number of benzene rings is 3. The second kappa shape index (κ2) is 10.4. The molecule has 0 bridgehead atoms. The van der Waals surface area contributed by atoms with Crippen LogP contribution in [0, 0.1) is 17.0 Å². The Hall–Kier alpha value is -3.91. The number of aryl methyl sites for hydroxylation is 1. The summed E-state index contributed by atoms with van der Waals surface area (Å²) in [6.45, 7) is 4.65. The maximum Gasteiger partial charge on any atom is 0.293 e. The summed E-state index contributed by atoms with van der Waals surface area (Å²) in [5.74, 6) is 0.532. The fourth-order valence-corrected chi connectivity index (χ4v) is 4.29. The van der Waals surface area contributed by atoms with Crippen molar-refractivity contribution in [3.05, 3.63) is 94.0 Å². The van der Waals surface area contributed by atoms with Gasteiger partial charge in [0.15, 0.2) is 0 Å². The second-order valence-electron chi connectivity index (χ2n) is 8.30. The molecule has 0 aliphatic carbocycles. The number of carbonyl (C=O) groups excluding carboxylic acids is 1. The predicted octanol–water partition coefficient (Wildman–Crippen LogP) is 4.41. The Morgan fingerprint density at radius 2 is 1.68 bits per heavy atom. The summed E-state index contributed by atoms with van der Waals surface area (Å²) in [6, 6.07) is 21.8. The number of ether oxygens (including phenoxy) is 1. The maximum absolute atomic E-state index is 13.5. The fraction of sp³-hybridized carbons (Fsp3) is 0.269. The molecule has 1 N–H and O–H groups in total. The molecule has 1 aliphatic rings. The van der Waals surface area contributed by atoms with Crippen molar-refractivity contribution in [2.75, 3.05) is 43.5 Å². The Bertz CT molecular complexity index is 1140. The van der Waals surface area contributed by atoms with Crippen LogP contribution in [-0.2, 0) is 4.79 Å². The van der Waals surface area contributed by atoms with Gasteiger partial charge in [-0.15, -0.1) is 0 Å². The van der Waals surface area contributed by atoms with Gasteiger partial charge in [0.1, 0.15) is 17.5 Å². The molecular formula is C26H28N4O4. The first-order valence-corrected chi connectivity index (χ1v) is 11.2. The molecule has 1 saturated heterocycles. The molecule has 8 heteroatoms. The lowest BCUT2D eigenvalue weighted by molar-refractivity contribution is -0.384. The number of amides is 1. The van der Waals surface area contributed by atoms with E-state index in [1.165, 1.54) is 6.07 Å². The number of carbonyl (C=O) groups is 1. The van der Waals surface area contributed by atoms with Gasteiger partial charge in [-0.3, -0.25) is 19.8 Å². The molecule has 176 valence electrons. The van der Waals surface area contributed by atoms with E-state index in [0.717, 1.165) is 35.7 Å². The van der Waals surface area contributed by atoms with Crippen LogP contribution in [0.15, 0.2) is 72.8 Å². The number of nitrogens with one attached hydrogen (secondary N) is 1. The summed E-state index contributed by atoms with van der Waals surface area (Å²) >= 11 is 0. The average molecular weight is 461 g/mol. The number of nitro groups is 1. The quantitative estimate of drug-likeness (QED) is 0.415. The molecule has 34 heavy (non-hydrogen) atoms. The third-order valence-electron chi connectivity index (χ3n) is 6.09. The first-order valence-electron chi connectivity index (χ1n) is 11.2. The molecule has 1 amide bonds. The van der Waals surface area contributed by atoms with E-state index in [2.05, 4.69) is 15.1 Å². The summed E-state index contributed by atoms with van der Waals surface area (Å²) in [4.78, 5) is 29.0. The van der Waals surface area contributed by atoms with Gasteiger partial charge in [-0.25, -0.2) is 0 Å². The van der Waals surface area contributed by atoms with Gasteiger partial charge >= 0.3 is 0 Å². The molecular weight excluding hydrogens is 432 g/mol. The first-order chi connectivity index (χ1) is 16.5. The minimum Gasteiger partial charge on any atom is -0.497 e. The van der Waals surface area contributed by atoms with Crippen LogP contribution in [0.25, 0.3) is 0 Å². The molecule has 4 rings (SSSR count). The highest BCUT2D eigenvalue weighted by atomic mass is 16.6. The molecule has 0 saturated carbocycles. The Morgan fingerprint density at radius 1 is 1.00 bits per heavy atom. The van der Waals surface area contributed by atoms with Gasteiger partial charge in [0, 0.05) is 37.9 Å². The number of nitrogens with zero attached hydrogens (tertiary/aromatic N) is 3. The summed E-state index contributed by atoms with van der Waals surface area (Å²) in [5.41, 5.74) is 2.82. The van der Waals surface area contributed by atoms with Gasteiger partial charge in [-0.2, -0.15) is 0 Å². The van der Waals surface area contributed by atoms with Crippen LogP contribution in [0.3, 0.4) is 0 Å². The minimum absolute atomic E-state index is 0.107. The summed E-state index contributed by atoms with van der Waals surface area (Å²) < 4.78 is 5.25. The van der Waals surface area contributed by atoms with Crippen molar-refractivity contribution in [1.29, 1.82) is 0 Å².